The number of alkyl halides is 3. The number of morpholine rings is 1. The highest BCUT2D eigenvalue weighted by molar-refractivity contribution is 6.06. The van der Waals surface area contributed by atoms with E-state index in [-0.39, 0.29) is 12.5 Å². The lowest BCUT2D eigenvalue weighted by atomic mass is 10.1. The van der Waals surface area contributed by atoms with Crippen molar-refractivity contribution >= 4 is 22.6 Å². The maximum absolute atomic E-state index is 13.3. The molecule has 2 unspecified atom stereocenters. The van der Waals surface area contributed by atoms with Gasteiger partial charge in [-0.2, -0.15) is 13.2 Å². The van der Waals surface area contributed by atoms with Gasteiger partial charge in [0.05, 0.1) is 24.8 Å². The quantitative estimate of drug-likeness (QED) is 0.504. The van der Waals surface area contributed by atoms with Crippen LogP contribution in [0.3, 0.4) is 0 Å². The number of nitrogens with one attached hydrogen (secondary N) is 2. The largest absolute Gasteiger partial charge is 0.451 e. The highest BCUT2D eigenvalue weighted by atomic mass is 19.4. The van der Waals surface area contributed by atoms with Crippen molar-refractivity contribution < 1.29 is 22.7 Å². The van der Waals surface area contributed by atoms with E-state index in [1.807, 2.05) is 18.2 Å². The minimum absolute atomic E-state index is 0.175. The summed E-state index contributed by atoms with van der Waals surface area (Å²) >= 11 is 0. The number of halogens is 3. The van der Waals surface area contributed by atoms with Gasteiger partial charge in [0.15, 0.2) is 0 Å². The third-order valence-corrected chi connectivity index (χ3v) is 6.91. The van der Waals surface area contributed by atoms with Gasteiger partial charge < -0.3 is 20.3 Å². The highest BCUT2D eigenvalue weighted by Crippen LogP contribution is 2.28. The van der Waals surface area contributed by atoms with Crippen LogP contribution in [0, 0.1) is 0 Å². The highest BCUT2D eigenvalue weighted by Gasteiger charge is 2.35. The van der Waals surface area contributed by atoms with Crippen LogP contribution >= 0.6 is 0 Å². The molecule has 12 heteroatoms. The van der Waals surface area contributed by atoms with Crippen LogP contribution in [0.1, 0.15) is 34.7 Å². The van der Waals surface area contributed by atoms with Crippen molar-refractivity contribution in [1.82, 2.24) is 30.5 Å². The van der Waals surface area contributed by atoms with E-state index < -0.39 is 18.0 Å². The molecular weight excluding hydrogens is 499 g/mol. The van der Waals surface area contributed by atoms with Crippen LogP contribution in [-0.2, 0) is 10.9 Å². The Balaban J connectivity index is 1.34. The van der Waals surface area contributed by atoms with Gasteiger partial charge in [0.1, 0.15) is 5.82 Å². The lowest BCUT2D eigenvalue weighted by Crippen LogP contribution is -2.49. The Kier molecular flexibility index (Phi) is 7.73. The van der Waals surface area contributed by atoms with E-state index in [4.69, 9.17) is 9.72 Å². The molecule has 2 fully saturated rings. The standard InChI is InChI=1S/C26H30F3N7O2/c1-17-16-36(8-7-30-17)23-6-5-19-20(3-2-4-21(19)34-23)24(37)31-15-22(35-9-11-38-12-10-35)18-13-32-25(33-14-18)26(27,28)29/h2-6,13-14,17,22,30H,7-12,15-16H2,1H3,(H,31,37). The summed E-state index contributed by atoms with van der Waals surface area (Å²) in [5.41, 5.74) is 1.71. The number of hydrogen-bond acceptors (Lipinski definition) is 8. The first-order valence-corrected chi connectivity index (χ1v) is 12.7. The molecule has 5 rings (SSSR count). The van der Waals surface area contributed by atoms with Gasteiger partial charge in [0.25, 0.3) is 5.91 Å². The summed E-state index contributed by atoms with van der Waals surface area (Å²) in [5.74, 6) is -0.603. The summed E-state index contributed by atoms with van der Waals surface area (Å²) in [4.78, 5) is 29.4. The molecule has 2 aliphatic heterocycles. The Morgan fingerprint density at radius 3 is 2.63 bits per heavy atom. The molecule has 3 aromatic rings. The van der Waals surface area contributed by atoms with Crippen LogP contribution in [0.4, 0.5) is 19.0 Å². The summed E-state index contributed by atoms with van der Waals surface area (Å²) in [6.45, 7) is 7.06. The van der Waals surface area contributed by atoms with Gasteiger partial charge in [0.2, 0.25) is 5.82 Å². The summed E-state index contributed by atoms with van der Waals surface area (Å²) in [5, 5.41) is 7.12. The Bertz CT molecular complexity index is 1270. The first-order valence-electron chi connectivity index (χ1n) is 12.7. The average Bonchev–Trinajstić information content (AvgIpc) is 2.93. The molecule has 0 aliphatic carbocycles. The molecule has 4 heterocycles. The maximum Gasteiger partial charge on any atom is 0.451 e. The number of pyridine rings is 1. The number of carbonyl (C=O) groups is 1. The van der Waals surface area contributed by atoms with Crippen LogP contribution in [0.2, 0.25) is 0 Å². The van der Waals surface area contributed by atoms with Gasteiger partial charge in [-0.25, -0.2) is 15.0 Å². The van der Waals surface area contributed by atoms with Crippen molar-refractivity contribution in [3.63, 3.8) is 0 Å². The SMILES string of the molecule is CC1CN(c2ccc3c(C(=O)NCC(c4cnc(C(F)(F)F)nc4)N4CCOCC4)cccc3n2)CCN1. The van der Waals surface area contributed by atoms with E-state index in [9.17, 15) is 18.0 Å². The second-order valence-corrected chi connectivity index (χ2v) is 9.55. The fourth-order valence-electron chi connectivity index (χ4n) is 4.95. The third-order valence-electron chi connectivity index (χ3n) is 6.91. The summed E-state index contributed by atoms with van der Waals surface area (Å²) in [6.07, 6.45) is -2.25. The summed E-state index contributed by atoms with van der Waals surface area (Å²) < 4.78 is 44.3. The molecule has 0 saturated carbocycles. The number of ether oxygens (including phenoxy) is 1. The van der Waals surface area contributed by atoms with Crippen LogP contribution in [0.5, 0.6) is 0 Å². The fourth-order valence-corrected chi connectivity index (χ4v) is 4.95. The van der Waals surface area contributed by atoms with Gasteiger partial charge in [-0.15, -0.1) is 0 Å². The zero-order valence-electron chi connectivity index (χ0n) is 21.0. The molecule has 2 aromatic heterocycles. The van der Waals surface area contributed by atoms with E-state index in [1.165, 1.54) is 12.4 Å². The van der Waals surface area contributed by atoms with Gasteiger partial charge in [-0.3, -0.25) is 9.69 Å². The summed E-state index contributed by atoms with van der Waals surface area (Å²) in [6, 6.07) is 9.26. The zero-order valence-corrected chi connectivity index (χ0v) is 21.0. The number of amides is 1. The number of carbonyl (C=O) groups excluding carboxylic acids is 1. The predicted octanol–water partition coefficient (Wildman–Crippen LogP) is 2.65. The van der Waals surface area contributed by atoms with E-state index >= 15 is 0 Å². The third kappa shape index (κ3) is 5.87. The normalized spacial score (nSPS) is 19.9. The van der Waals surface area contributed by atoms with Crippen molar-refractivity contribution in [2.24, 2.45) is 0 Å². The maximum atomic E-state index is 13.3. The van der Waals surface area contributed by atoms with E-state index in [0.29, 0.717) is 43.5 Å². The van der Waals surface area contributed by atoms with Gasteiger partial charge in [-0.1, -0.05) is 6.07 Å². The number of fused-ring (bicyclic) bond motifs is 1. The topological polar surface area (TPSA) is 95.5 Å². The Labute approximate surface area is 218 Å². The Morgan fingerprint density at radius 2 is 1.92 bits per heavy atom. The number of aromatic nitrogens is 3. The van der Waals surface area contributed by atoms with Crippen molar-refractivity contribution in [3.05, 3.63) is 59.7 Å². The molecule has 0 radical (unpaired) electrons. The molecular formula is C26H30F3N7O2. The molecule has 2 atom stereocenters. The fraction of sp³-hybridized carbons (Fsp3) is 0.462. The van der Waals surface area contributed by atoms with Crippen LogP contribution in [0.25, 0.3) is 10.9 Å². The lowest BCUT2D eigenvalue weighted by molar-refractivity contribution is -0.145. The number of benzene rings is 1. The molecule has 2 aliphatic rings. The second kappa shape index (κ2) is 11.2. The van der Waals surface area contributed by atoms with E-state index in [2.05, 4.69) is 37.3 Å². The zero-order chi connectivity index (χ0) is 26.7. The Morgan fingerprint density at radius 1 is 1.16 bits per heavy atom. The predicted molar refractivity (Wildman–Crippen MR) is 136 cm³/mol. The molecule has 1 aromatic carbocycles. The molecule has 38 heavy (non-hydrogen) atoms. The number of piperazine rings is 1. The van der Waals surface area contributed by atoms with Crippen LogP contribution in [0.15, 0.2) is 42.7 Å². The van der Waals surface area contributed by atoms with Crippen molar-refractivity contribution in [2.45, 2.75) is 25.2 Å². The number of anilines is 1. The average molecular weight is 530 g/mol. The van der Waals surface area contributed by atoms with Gasteiger partial charge in [0, 0.05) is 74.2 Å². The van der Waals surface area contributed by atoms with E-state index in [1.54, 1.807) is 12.1 Å². The Hall–Kier alpha value is -3.35. The van der Waals surface area contributed by atoms with Crippen molar-refractivity contribution in [3.8, 4) is 0 Å². The minimum Gasteiger partial charge on any atom is -0.379 e. The summed E-state index contributed by atoms with van der Waals surface area (Å²) in [7, 11) is 0. The van der Waals surface area contributed by atoms with Gasteiger partial charge in [-0.05, 0) is 31.2 Å². The van der Waals surface area contributed by atoms with E-state index in [0.717, 1.165) is 36.4 Å². The molecule has 0 bridgehead atoms. The number of nitrogens with zero attached hydrogens (tertiary/aromatic N) is 5. The van der Waals surface area contributed by atoms with Crippen molar-refractivity contribution in [1.29, 1.82) is 0 Å². The monoisotopic (exact) mass is 529 g/mol. The first kappa shape index (κ1) is 26.3. The molecule has 202 valence electrons. The minimum atomic E-state index is -4.62. The molecule has 2 N–H and O–H groups in total. The number of hydrogen-bond donors (Lipinski definition) is 2. The van der Waals surface area contributed by atoms with Crippen LogP contribution < -0.4 is 15.5 Å². The van der Waals surface area contributed by atoms with Crippen molar-refractivity contribution in [2.75, 3.05) is 57.4 Å². The molecule has 1 amide bonds. The molecule has 0 spiro atoms. The van der Waals surface area contributed by atoms with Crippen LogP contribution in [-0.4, -0.2) is 84.3 Å². The lowest BCUT2D eigenvalue weighted by Gasteiger charge is -2.34. The van der Waals surface area contributed by atoms with Gasteiger partial charge >= 0.3 is 6.18 Å². The first-order chi connectivity index (χ1) is 18.3. The second-order valence-electron chi connectivity index (χ2n) is 9.55. The molecule has 9 nitrogen and oxygen atoms in total. The smallest absolute Gasteiger partial charge is 0.379 e. The number of rotatable bonds is 6. The molecule has 2 saturated heterocycles.